The van der Waals surface area contributed by atoms with Gasteiger partial charge in [-0.15, -0.1) is 6.58 Å². The summed E-state index contributed by atoms with van der Waals surface area (Å²) in [6.45, 7) is 5.42. The van der Waals surface area contributed by atoms with Crippen molar-refractivity contribution >= 4 is 11.8 Å². The van der Waals surface area contributed by atoms with Gasteiger partial charge >= 0.3 is 0 Å². The van der Waals surface area contributed by atoms with Crippen LogP contribution in [-0.2, 0) is 22.6 Å². The Bertz CT molecular complexity index is 870. The number of ether oxygens (including phenoxy) is 1. The lowest BCUT2D eigenvalue weighted by Gasteiger charge is -2.21. The summed E-state index contributed by atoms with van der Waals surface area (Å²) in [5.74, 6) is -0.494. The minimum absolute atomic E-state index is 0.0200. The standard InChI is InChI=1S/C26H34N2O5/c1-3-7-22(15-25(31)27-19(2)16-29)26(32)28-23(17-30)14-20-10-12-24(13-11-20)33-18-21-8-5-4-6-9-21/h3-6,8-13,19,22-23,29-30H,1,7,14-18H2,2H3,(H,27,31)(H,28,32)/t19-,22-,23+/m1/s1. The Hall–Kier alpha value is -3.16. The predicted molar refractivity (Wildman–Crippen MR) is 128 cm³/mol. The third-order valence-corrected chi connectivity index (χ3v) is 5.16. The van der Waals surface area contributed by atoms with Gasteiger partial charge in [-0.2, -0.15) is 0 Å². The maximum atomic E-state index is 12.7. The molecule has 0 heterocycles. The Morgan fingerprint density at radius 1 is 1.00 bits per heavy atom. The first kappa shape index (κ1) is 26.1. The van der Waals surface area contributed by atoms with Gasteiger partial charge in [-0.25, -0.2) is 0 Å². The highest BCUT2D eigenvalue weighted by molar-refractivity contribution is 5.86. The smallest absolute Gasteiger partial charge is 0.224 e. The van der Waals surface area contributed by atoms with Crippen molar-refractivity contribution in [3.8, 4) is 5.75 Å². The zero-order chi connectivity index (χ0) is 24.1. The Morgan fingerprint density at radius 3 is 2.30 bits per heavy atom. The van der Waals surface area contributed by atoms with Gasteiger partial charge in [0, 0.05) is 12.5 Å². The van der Waals surface area contributed by atoms with Crippen LogP contribution in [0.1, 0.15) is 30.9 Å². The predicted octanol–water partition coefficient (Wildman–Crippen LogP) is 2.36. The monoisotopic (exact) mass is 454 g/mol. The zero-order valence-corrected chi connectivity index (χ0v) is 19.1. The molecular weight excluding hydrogens is 420 g/mol. The van der Waals surface area contributed by atoms with Crippen LogP contribution in [0.25, 0.3) is 0 Å². The highest BCUT2D eigenvalue weighted by Gasteiger charge is 2.23. The first-order chi connectivity index (χ1) is 15.9. The molecule has 7 nitrogen and oxygen atoms in total. The van der Waals surface area contributed by atoms with Crippen LogP contribution in [-0.4, -0.2) is 47.3 Å². The molecular formula is C26H34N2O5. The number of aliphatic hydroxyl groups excluding tert-OH is 2. The van der Waals surface area contributed by atoms with E-state index in [9.17, 15) is 14.7 Å². The lowest BCUT2D eigenvalue weighted by molar-refractivity contribution is -0.131. The largest absolute Gasteiger partial charge is 0.489 e. The maximum Gasteiger partial charge on any atom is 0.224 e. The number of rotatable bonds is 14. The molecule has 3 atom stereocenters. The first-order valence-corrected chi connectivity index (χ1v) is 11.1. The van der Waals surface area contributed by atoms with Crippen molar-refractivity contribution in [2.24, 2.45) is 5.92 Å². The summed E-state index contributed by atoms with van der Waals surface area (Å²) in [6.07, 6.45) is 2.34. The van der Waals surface area contributed by atoms with E-state index in [1.165, 1.54) is 0 Å². The van der Waals surface area contributed by atoms with Crippen LogP contribution in [0.4, 0.5) is 0 Å². The second kappa shape index (κ2) is 14.1. The van der Waals surface area contributed by atoms with Crippen molar-refractivity contribution in [2.45, 2.75) is 44.9 Å². The van der Waals surface area contributed by atoms with Gasteiger partial charge in [0.05, 0.1) is 25.2 Å². The Labute approximate surface area is 195 Å². The minimum Gasteiger partial charge on any atom is -0.489 e. The minimum atomic E-state index is -0.601. The average molecular weight is 455 g/mol. The molecule has 0 aliphatic rings. The number of carbonyl (C=O) groups is 2. The van der Waals surface area contributed by atoms with Crippen LogP contribution in [0.15, 0.2) is 67.3 Å². The van der Waals surface area contributed by atoms with Crippen molar-refractivity contribution in [3.05, 3.63) is 78.4 Å². The Kier molecular flexibility index (Phi) is 11.1. The van der Waals surface area contributed by atoms with E-state index < -0.39 is 12.0 Å². The number of benzene rings is 2. The molecule has 0 aromatic heterocycles. The molecule has 2 rings (SSSR count). The van der Waals surface area contributed by atoms with Crippen molar-refractivity contribution in [3.63, 3.8) is 0 Å². The van der Waals surface area contributed by atoms with Gasteiger partial charge in [-0.1, -0.05) is 48.5 Å². The van der Waals surface area contributed by atoms with E-state index >= 15 is 0 Å². The van der Waals surface area contributed by atoms with Gasteiger partial charge in [0.2, 0.25) is 11.8 Å². The summed E-state index contributed by atoms with van der Waals surface area (Å²) in [5.41, 5.74) is 2.02. The summed E-state index contributed by atoms with van der Waals surface area (Å²) in [4.78, 5) is 24.9. The molecule has 178 valence electrons. The molecule has 0 fully saturated rings. The molecule has 0 unspecified atom stereocenters. The summed E-state index contributed by atoms with van der Waals surface area (Å²) < 4.78 is 5.79. The molecule has 2 aromatic carbocycles. The summed E-state index contributed by atoms with van der Waals surface area (Å²) >= 11 is 0. The molecule has 4 N–H and O–H groups in total. The van der Waals surface area contributed by atoms with Crippen LogP contribution in [0.2, 0.25) is 0 Å². The third kappa shape index (κ3) is 9.47. The van der Waals surface area contributed by atoms with Crippen LogP contribution >= 0.6 is 0 Å². The molecule has 2 amide bonds. The van der Waals surface area contributed by atoms with Crippen molar-refractivity contribution in [1.29, 1.82) is 0 Å². The molecule has 2 aromatic rings. The topological polar surface area (TPSA) is 108 Å². The number of amides is 2. The third-order valence-electron chi connectivity index (χ3n) is 5.16. The van der Waals surface area contributed by atoms with Crippen molar-refractivity contribution in [2.75, 3.05) is 13.2 Å². The molecule has 33 heavy (non-hydrogen) atoms. The van der Waals surface area contributed by atoms with Gasteiger partial charge in [0.25, 0.3) is 0 Å². The lowest BCUT2D eigenvalue weighted by Crippen LogP contribution is -2.44. The first-order valence-electron chi connectivity index (χ1n) is 11.1. The number of aliphatic hydroxyl groups is 2. The van der Waals surface area contributed by atoms with E-state index in [4.69, 9.17) is 9.84 Å². The van der Waals surface area contributed by atoms with E-state index in [2.05, 4.69) is 17.2 Å². The highest BCUT2D eigenvalue weighted by Crippen LogP contribution is 2.16. The average Bonchev–Trinajstić information content (AvgIpc) is 2.83. The number of carbonyl (C=O) groups excluding carboxylic acids is 2. The summed E-state index contributed by atoms with van der Waals surface area (Å²) in [6, 6.07) is 16.6. The second-order valence-corrected chi connectivity index (χ2v) is 8.09. The van der Waals surface area contributed by atoms with E-state index in [1.54, 1.807) is 13.0 Å². The van der Waals surface area contributed by atoms with Gasteiger partial charge in [-0.3, -0.25) is 9.59 Å². The number of hydrogen-bond acceptors (Lipinski definition) is 5. The molecule has 0 radical (unpaired) electrons. The van der Waals surface area contributed by atoms with Crippen molar-refractivity contribution in [1.82, 2.24) is 10.6 Å². The molecule has 0 spiro atoms. The van der Waals surface area contributed by atoms with Crippen LogP contribution in [0.3, 0.4) is 0 Å². The van der Waals surface area contributed by atoms with E-state index in [1.807, 2.05) is 54.6 Å². The quantitative estimate of drug-likeness (QED) is 0.328. The highest BCUT2D eigenvalue weighted by atomic mass is 16.5. The maximum absolute atomic E-state index is 12.7. The van der Waals surface area contributed by atoms with Crippen LogP contribution in [0.5, 0.6) is 5.75 Å². The Morgan fingerprint density at radius 2 is 1.70 bits per heavy atom. The SMILES string of the molecule is C=CC[C@H](CC(=O)N[C@H](C)CO)C(=O)N[C@H](CO)Cc1ccc(OCc2ccccc2)cc1. The molecule has 0 bridgehead atoms. The van der Waals surface area contributed by atoms with Gasteiger partial charge in [-0.05, 0) is 43.0 Å². The van der Waals surface area contributed by atoms with E-state index in [0.29, 0.717) is 19.4 Å². The van der Waals surface area contributed by atoms with Gasteiger partial charge in [0.1, 0.15) is 12.4 Å². The molecule has 7 heteroatoms. The number of nitrogens with one attached hydrogen (secondary N) is 2. The number of hydrogen-bond donors (Lipinski definition) is 4. The van der Waals surface area contributed by atoms with Gasteiger partial charge in [0.15, 0.2) is 0 Å². The zero-order valence-electron chi connectivity index (χ0n) is 19.1. The fourth-order valence-corrected chi connectivity index (χ4v) is 3.31. The molecule has 0 saturated carbocycles. The normalized spacial score (nSPS) is 13.4. The van der Waals surface area contributed by atoms with E-state index in [-0.39, 0.29) is 37.5 Å². The number of allylic oxidation sites excluding steroid dienone is 1. The van der Waals surface area contributed by atoms with E-state index in [0.717, 1.165) is 16.9 Å². The summed E-state index contributed by atoms with van der Waals surface area (Å²) in [7, 11) is 0. The molecule has 0 aliphatic carbocycles. The van der Waals surface area contributed by atoms with Crippen molar-refractivity contribution < 1.29 is 24.5 Å². The van der Waals surface area contributed by atoms with Gasteiger partial charge < -0.3 is 25.6 Å². The molecule has 0 saturated heterocycles. The fourth-order valence-electron chi connectivity index (χ4n) is 3.31. The Balaban J connectivity index is 1.89. The van der Waals surface area contributed by atoms with Crippen LogP contribution < -0.4 is 15.4 Å². The molecule has 0 aliphatic heterocycles. The second-order valence-electron chi connectivity index (χ2n) is 8.09. The van der Waals surface area contributed by atoms with Crippen LogP contribution in [0, 0.1) is 5.92 Å². The fraction of sp³-hybridized carbons (Fsp3) is 0.385. The lowest BCUT2D eigenvalue weighted by atomic mass is 9.98. The summed E-state index contributed by atoms with van der Waals surface area (Å²) in [5, 5.41) is 24.3.